The third-order valence-corrected chi connectivity index (χ3v) is 4.47. The number of nitriles is 1. The highest BCUT2D eigenvalue weighted by molar-refractivity contribution is 7.14. The number of nitrogens with one attached hydrogen (secondary N) is 2. The number of anilines is 1. The predicted octanol–water partition coefficient (Wildman–Crippen LogP) is 2.33. The average Bonchev–Trinajstić information content (AvgIpc) is 3.17. The molecule has 1 aromatic carbocycles. The van der Waals surface area contributed by atoms with E-state index in [2.05, 4.69) is 10.6 Å². The van der Waals surface area contributed by atoms with Gasteiger partial charge in [0.1, 0.15) is 22.9 Å². The number of rotatable bonds is 8. The van der Waals surface area contributed by atoms with Crippen LogP contribution in [0.4, 0.5) is 5.00 Å². The lowest BCUT2D eigenvalue weighted by molar-refractivity contribution is -0.149. The van der Waals surface area contributed by atoms with Crippen molar-refractivity contribution in [1.29, 1.82) is 5.26 Å². The van der Waals surface area contributed by atoms with E-state index >= 15 is 0 Å². The Bertz CT molecular complexity index is 944. The second-order valence-electron chi connectivity index (χ2n) is 5.77. The van der Waals surface area contributed by atoms with Gasteiger partial charge in [-0.25, -0.2) is 4.79 Å². The quantitative estimate of drug-likeness (QED) is 0.507. The number of hydrogen-bond donors (Lipinski definition) is 2. The lowest BCUT2D eigenvalue weighted by atomic mass is 10.2. The average molecular weight is 413 g/mol. The van der Waals surface area contributed by atoms with Crippen LogP contribution in [0.3, 0.4) is 0 Å². The van der Waals surface area contributed by atoms with Crippen molar-refractivity contribution in [3.63, 3.8) is 0 Å². The summed E-state index contributed by atoms with van der Waals surface area (Å²) in [5.41, 5.74) is 1.12. The maximum Gasteiger partial charge on any atom is 0.328 e. The predicted molar refractivity (Wildman–Crippen MR) is 108 cm³/mol. The van der Waals surface area contributed by atoms with Gasteiger partial charge in [-0.05, 0) is 42.1 Å². The first kappa shape index (κ1) is 21.7. The molecule has 1 aromatic heterocycles. The molecule has 0 spiro atoms. The normalized spacial score (nSPS) is 11.3. The van der Waals surface area contributed by atoms with Gasteiger partial charge in [0.15, 0.2) is 6.61 Å². The molecule has 0 saturated heterocycles. The Hall–Kier alpha value is -3.64. The Morgan fingerprint density at radius 2 is 1.97 bits per heavy atom. The molecule has 8 nitrogen and oxygen atoms in total. The van der Waals surface area contributed by atoms with Gasteiger partial charge < -0.3 is 20.1 Å². The largest absolute Gasteiger partial charge is 0.497 e. The number of nitrogens with zero attached hydrogens (tertiary/aromatic N) is 1. The first-order valence-corrected chi connectivity index (χ1v) is 9.37. The highest BCUT2D eigenvalue weighted by Crippen LogP contribution is 2.21. The molecular formula is C20H19N3O5S. The number of ether oxygens (including phenoxy) is 2. The zero-order chi connectivity index (χ0) is 21.2. The molecule has 29 heavy (non-hydrogen) atoms. The molecule has 0 aliphatic heterocycles. The molecule has 2 aromatic rings. The number of thiophene rings is 1. The summed E-state index contributed by atoms with van der Waals surface area (Å²) in [7, 11) is 1.56. The van der Waals surface area contributed by atoms with Crippen LogP contribution in [0.25, 0.3) is 6.08 Å². The van der Waals surface area contributed by atoms with Crippen molar-refractivity contribution in [1.82, 2.24) is 5.32 Å². The van der Waals surface area contributed by atoms with Crippen molar-refractivity contribution in [2.45, 2.75) is 13.0 Å². The summed E-state index contributed by atoms with van der Waals surface area (Å²) >= 11 is 1.19. The highest BCUT2D eigenvalue weighted by Gasteiger charge is 2.18. The smallest absolute Gasteiger partial charge is 0.328 e. The molecule has 0 aliphatic rings. The monoisotopic (exact) mass is 413 g/mol. The number of hydrogen-bond acceptors (Lipinski definition) is 7. The molecule has 2 N–H and O–H groups in total. The summed E-state index contributed by atoms with van der Waals surface area (Å²) < 4.78 is 9.95. The lowest BCUT2D eigenvalue weighted by Crippen LogP contribution is -2.39. The molecule has 0 fully saturated rings. The number of carbonyl (C=O) groups excluding carboxylic acids is 3. The second-order valence-corrected chi connectivity index (χ2v) is 6.68. The summed E-state index contributed by atoms with van der Waals surface area (Å²) in [6, 6.07) is 9.67. The van der Waals surface area contributed by atoms with Gasteiger partial charge in [-0.15, -0.1) is 11.3 Å². The Morgan fingerprint density at radius 1 is 1.24 bits per heavy atom. The van der Waals surface area contributed by atoms with E-state index in [1.165, 1.54) is 24.3 Å². The first-order valence-electron chi connectivity index (χ1n) is 8.49. The van der Waals surface area contributed by atoms with Gasteiger partial charge in [0.2, 0.25) is 5.91 Å². The maximum atomic E-state index is 11.9. The van der Waals surface area contributed by atoms with Gasteiger partial charge in [-0.1, -0.05) is 12.1 Å². The van der Waals surface area contributed by atoms with E-state index < -0.39 is 30.4 Å². The van der Waals surface area contributed by atoms with Gasteiger partial charge in [0.05, 0.1) is 12.7 Å². The molecule has 150 valence electrons. The molecule has 1 heterocycles. The van der Waals surface area contributed by atoms with E-state index in [-0.39, 0.29) is 0 Å². The Morgan fingerprint density at radius 3 is 2.62 bits per heavy atom. The molecule has 1 atom stereocenters. The van der Waals surface area contributed by atoms with Crippen molar-refractivity contribution in [2.75, 3.05) is 19.0 Å². The maximum absolute atomic E-state index is 11.9. The van der Waals surface area contributed by atoms with Crippen molar-refractivity contribution in [3.05, 3.63) is 52.9 Å². The number of benzene rings is 1. The van der Waals surface area contributed by atoms with Gasteiger partial charge in [0, 0.05) is 6.08 Å². The molecule has 1 unspecified atom stereocenters. The van der Waals surface area contributed by atoms with E-state index in [0.29, 0.717) is 16.3 Å². The van der Waals surface area contributed by atoms with Gasteiger partial charge in [-0.2, -0.15) is 5.26 Å². The summed E-state index contributed by atoms with van der Waals surface area (Å²) in [5.74, 6) is -1.10. The summed E-state index contributed by atoms with van der Waals surface area (Å²) in [6.45, 7) is 0.927. The molecule has 2 amide bonds. The minimum Gasteiger partial charge on any atom is -0.497 e. The van der Waals surface area contributed by atoms with E-state index in [9.17, 15) is 14.4 Å². The van der Waals surface area contributed by atoms with Crippen LogP contribution in [0.5, 0.6) is 5.75 Å². The van der Waals surface area contributed by atoms with E-state index in [4.69, 9.17) is 14.7 Å². The number of carbonyl (C=O) groups is 3. The Kier molecular flexibility index (Phi) is 7.94. The van der Waals surface area contributed by atoms with E-state index in [0.717, 1.165) is 5.56 Å². The molecule has 2 rings (SSSR count). The van der Waals surface area contributed by atoms with E-state index in [1.54, 1.807) is 48.9 Å². The third kappa shape index (κ3) is 6.79. The Balaban J connectivity index is 1.77. The molecule has 0 radical (unpaired) electrons. The molecule has 0 aliphatic carbocycles. The standard InChI is InChI=1S/C20H19N3O5S/c1-13(22-17(24)8-5-14-3-6-16(27-2)7-4-14)20(26)28-12-18(25)23-19-15(11-21)9-10-29-19/h3-10,13H,12H2,1-2H3,(H,22,24)(H,23,25). The summed E-state index contributed by atoms with van der Waals surface area (Å²) in [4.78, 5) is 35.7. The molecule has 0 saturated carbocycles. The SMILES string of the molecule is COc1ccc(C=CC(=O)NC(C)C(=O)OCC(=O)Nc2sccc2C#N)cc1. The number of esters is 1. The summed E-state index contributed by atoms with van der Waals surface area (Å²) in [5, 5.41) is 15.9. The van der Waals surface area contributed by atoms with Crippen molar-refractivity contribution in [2.24, 2.45) is 0 Å². The zero-order valence-electron chi connectivity index (χ0n) is 15.8. The van der Waals surface area contributed by atoms with Crippen LogP contribution in [-0.2, 0) is 19.1 Å². The van der Waals surface area contributed by atoms with Crippen LogP contribution in [0.1, 0.15) is 18.1 Å². The van der Waals surface area contributed by atoms with Crippen LogP contribution in [0.2, 0.25) is 0 Å². The first-order chi connectivity index (χ1) is 13.9. The summed E-state index contributed by atoms with van der Waals surface area (Å²) in [6.07, 6.45) is 2.88. The topological polar surface area (TPSA) is 118 Å². The van der Waals surface area contributed by atoms with Crippen LogP contribution in [-0.4, -0.2) is 37.5 Å². The molecule has 0 bridgehead atoms. The van der Waals surface area contributed by atoms with Gasteiger partial charge in [0.25, 0.3) is 5.91 Å². The Labute approximate surface area is 171 Å². The number of amides is 2. The highest BCUT2D eigenvalue weighted by atomic mass is 32.1. The fraction of sp³-hybridized carbons (Fsp3) is 0.200. The van der Waals surface area contributed by atoms with Crippen LogP contribution < -0.4 is 15.4 Å². The fourth-order valence-corrected chi connectivity index (χ4v) is 2.88. The van der Waals surface area contributed by atoms with E-state index in [1.807, 2.05) is 6.07 Å². The second kappa shape index (κ2) is 10.6. The van der Waals surface area contributed by atoms with Gasteiger partial charge >= 0.3 is 5.97 Å². The van der Waals surface area contributed by atoms with Gasteiger partial charge in [-0.3, -0.25) is 9.59 Å². The van der Waals surface area contributed by atoms with Crippen LogP contribution in [0, 0.1) is 11.3 Å². The molecular weight excluding hydrogens is 394 g/mol. The minimum atomic E-state index is -0.938. The van der Waals surface area contributed by atoms with Crippen LogP contribution >= 0.6 is 11.3 Å². The van der Waals surface area contributed by atoms with Crippen LogP contribution in [0.15, 0.2) is 41.8 Å². The molecule has 9 heteroatoms. The van der Waals surface area contributed by atoms with Crippen molar-refractivity contribution < 1.29 is 23.9 Å². The van der Waals surface area contributed by atoms with Crippen molar-refractivity contribution in [3.8, 4) is 11.8 Å². The number of methoxy groups -OCH3 is 1. The zero-order valence-corrected chi connectivity index (χ0v) is 16.6. The fourth-order valence-electron chi connectivity index (χ4n) is 2.13. The third-order valence-electron chi connectivity index (χ3n) is 3.64. The minimum absolute atomic E-state index is 0.332. The lowest BCUT2D eigenvalue weighted by Gasteiger charge is -2.12. The van der Waals surface area contributed by atoms with Crippen molar-refractivity contribution >= 4 is 40.2 Å².